The van der Waals surface area contributed by atoms with E-state index < -0.39 is 21.6 Å². The average molecular weight is 414 g/mol. The van der Waals surface area contributed by atoms with Gasteiger partial charge in [-0.05, 0) is 29.8 Å². The van der Waals surface area contributed by atoms with Gasteiger partial charge in [0.25, 0.3) is 0 Å². The van der Waals surface area contributed by atoms with E-state index in [0.717, 1.165) is 0 Å². The highest BCUT2D eigenvalue weighted by molar-refractivity contribution is 6.68. The Labute approximate surface area is 158 Å². The van der Waals surface area contributed by atoms with Crippen molar-refractivity contribution in [2.75, 3.05) is 0 Å². The van der Waals surface area contributed by atoms with Crippen molar-refractivity contribution in [3.8, 4) is 0 Å². The van der Waals surface area contributed by atoms with Gasteiger partial charge in [-0.1, -0.05) is 64.1 Å². The van der Waals surface area contributed by atoms with Gasteiger partial charge in [0, 0.05) is 23.0 Å². The molecule has 1 aromatic carbocycles. The topological polar surface area (TPSA) is 50.2 Å². The second kappa shape index (κ2) is 7.56. The zero-order chi connectivity index (χ0) is 17.2. The largest absolute Gasteiger partial charge is 0.388 e. The van der Waals surface area contributed by atoms with Crippen LogP contribution in [0, 0.1) is 0 Å². The first-order valence-corrected chi connectivity index (χ1v) is 8.24. The SMILES string of the molecule is O=C(c1ccc(Cl)cc1Cl)[C@@H](c1cccnc1)[C@@H](O)C(Cl)(Cl)Cl. The van der Waals surface area contributed by atoms with Crippen molar-refractivity contribution in [1.29, 1.82) is 0 Å². The van der Waals surface area contributed by atoms with Gasteiger partial charge in [-0.2, -0.15) is 0 Å². The van der Waals surface area contributed by atoms with Crippen molar-refractivity contribution in [3.63, 3.8) is 0 Å². The molecule has 2 rings (SSSR count). The van der Waals surface area contributed by atoms with Gasteiger partial charge in [-0.15, -0.1) is 0 Å². The number of aliphatic hydroxyl groups excluding tert-OH is 1. The summed E-state index contributed by atoms with van der Waals surface area (Å²) in [4.78, 5) is 16.8. The number of carbonyl (C=O) groups is 1. The van der Waals surface area contributed by atoms with Crippen LogP contribution in [-0.4, -0.2) is 25.8 Å². The Bertz CT molecular complexity index is 703. The van der Waals surface area contributed by atoms with Gasteiger partial charge < -0.3 is 5.11 Å². The zero-order valence-corrected chi connectivity index (χ0v) is 15.2. The van der Waals surface area contributed by atoms with E-state index in [9.17, 15) is 9.90 Å². The smallest absolute Gasteiger partial charge is 0.217 e. The highest BCUT2D eigenvalue weighted by Gasteiger charge is 2.42. The Morgan fingerprint density at radius 3 is 2.39 bits per heavy atom. The molecular formula is C15H10Cl5NO2. The van der Waals surface area contributed by atoms with Crippen LogP contribution in [-0.2, 0) is 0 Å². The highest BCUT2D eigenvalue weighted by atomic mass is 35.6. The normalized spacial score (nSPS) is 14.3. The molecule has 8 heteroatoms. The molecule has 0 aliphatic carbocycles. The number of benzene rings is 1. The number of hydrogen-bond acceptors (Lipinski definition) is 3. The van der Waals surface area contributed by atoms with Crippen LogP contribution in [0.1, 0.15) is 21.8 Å². The third-order valence-electron chi connectivity index (χ3n) is 3.17. The summed E-state index contributed by atoms with van der Waals surface area (Å²) in [6.07, 6.45) is 1.37. The first-order chi connectivity index (χ1) is 10.7. The number of aromatic nitrogens is 1. The van der Waals surface area contributed by atoms with Crippen LogP contribution >= 0.6 is 58.0 Å². The van der Waals surface area contributed by atoms with Crippen molar-refractivity contribution >= 4 is 63.8 Å². The van der Waals surface area contributed by atoms with Gasteiger partial charge in [0.15, 0.2) is 5.78 Å². The number of aliphatic hydroxyl groups is 1. The van der Waals surface area contributed by atoms with Gasteiger partial charge >= 0.3 is 0 Å². The molecule has 1 N–H and O–H groups in total. The molecule has 0 saturated carbocycles. The molecule has 0 radical (unpaired) electrons. The molecular weight excluding hydrogens is 403 g/mol. The number of ketones is 1. The van der Waals surface area contributed by atoms with E-state index in [1.165, 1.54) is 30.6 Å². The number of hydrogen-bond donors (Lipinski definition) is 1. The lowest BCUT2D eigenvalue weighted by atomic mass is 9.87. The number of carbonyl (C=O) groups excluding carboxylic acids is 1. The molecule has 2 atom stereocenters. The van der Waals surface area contributed by atoms with Crippen molar-refractivity contribution < 1.29 is 9.90 Å². The molecule has 0 amide bonds. The number of rotatable bonds is 4. The Balaban J connectivity index is 2.51. The molecule has 3 nitrogen and oxygen atoms in total. The molecule has 23 heavy (non-hydrogen) atoms. The molecule has 0 spiro atoms. The lowest BCUT2D eigenvalue weighted by Crippen LogP contribution is -2.36. The summed E-state index contributed by atoms with van der Waals surface area (Å²) in [5.74, 6) is -1.65. The quantitative estimate of drug-likeness (QED) is 0.561. The van der Waals surface area contributed by atoms with Crippen molar-refractivity contribution in [2.24, 2.45) is 0 Å². The summed E-state index contributed by atoms with van der Waals surface area (Å²) in [5, 5.41) is 10.9. The van der Waals surface area contributed by atoms with Gasteiger partial charge in [0.05, 0.1) is 10.9 Å². The maximum Gasteiger partial charge on any atom is 0.217 e. The molecule has 0 unspecified atom stereocenters. The summed E-state index contributed by atoms with van der Waals surface area (Å²) < 4.78 is -2.06. The highest BCUT2D eigenvalue weighted by Crippen LogP contribution is 2.40. The van der Waals surface area contributed by atoms with Crippen LogP contribution in [0.4, 0.5) is 0 Å². The molecule has 0 fully saturated rings. The maximum atomic E-state index is 12.9. The minimum absolute atomic E-state index is 0.146. The number of alkyl halides is 3. The average Bonchev–Trinajstić information content (AvgIpc) is 2.47. The van der Waals surface area contributed by atoms with E-state index in [2.05, 4.69) is 4.98 Å². The van der Waals surface area contributed by atoms with E-state index in [0.29, 0.717) is 10.6 Å². The Morgan fingerprint density at radius 1 is 1.17 bits per heavy atom. The van der Waals surface area contributed by atoms with Gasteiger partial charge in [-0.25, -0.2) is 0 Å². The van der Waals surface area contributed by atoms with Crippen LogP contribution in [0.2, 0.25) is 10.0 Å². The van der Waals surface area contributed by atoms with Crippen molar-refractivity contribution in [3.05, 3.63) is 63.9 Å². The molecule has 0 saturated heterocycles. The first-order valence-electron chi connectivity index (χ1n) is 6.36. The third kappa shape index (κ3) is 4.50. The number of halogens is 5. The zero-order valence-electron chi connectivity index (χ0n) is 11.4. The fourth-order valence-electron chi connectivity index (χ4n) is 2.08. The van der Waals surface area contributed by atoms with Crippen molar-refractivity contribution in [1.82, 2.24) is 4.98 Å². The van der Waals surface area contributed by atoms with E-state index in [-0.39, 0.29) is 10.6 Å². The van der Waals surface area contributed by atoms with Gasteiger partial charge in [0.2, 0.25) is 3.79 Å². The Kier molecular flexibility index (Phi) is 6.17. The van der Waals surface area contributed by atoms with E-state index >= 15 is 0 Å². The fourth-order valence-corrected chi connectivity index (χ4v) is 2.96. The van der Waals surface area contributed by atoms with Crippen LogP contribution < -0.4 is 0 Å². The van der Waals surface area contributed by atoms with Crippen LogP contribution in [0.3, 0.4) is 0 Å². The first kappa shape index (κ1) is 18.8. The molecule has 122 valence electrons. The summed E-state index contributed by atoms with van der Waals surface area (Å²) in [7, 11) is 0. The molecule has 2 aromatic rings. The van der Waals surface area contributed by atoms with Gasteiger partial charge in [0.1, 0.15) is 6.10 Å². The minimum Gasteiger partial charge on any atom is -0.388 e. The monoisotopic (exact) mass is 411 g/mol. The van der Waals surface area contributed by atoms with E-state index in [1.807, 2.05) is 0 Å². The second-order valence-corrected chi connectivity index (χ2v) is 7.95. The molecule has 0 bridgehead atoms. The van der Waals surface area contributed by atoms with E-state index in [4.69, 9.17) is 58.0 Å². The summed E-state index contributed by atoms with van der Waals surface area (Å²) in [6, 6.07) is 7.63. The van der Waals surface area contributed by atoms with Crippen molar-refractivity contribution in [2.45, 2.75) is 15.8 Å². The Morgan fingerprint density at radius 2 is 1.87 bits per heavy atom. The predicted octanol–water partition coefficient (Wildman–Crippen LogP) is 5.09. The molecule has 0 aliphatic heterocycles. The second-order valence-electron chi connectivity index (χ2n) is 4.74. The summed E-state index contributed by atoms with van der Waals surface area (Å²) >= 11 is 29.2. The fraction of sp³-hybridized carbons (Fsp3) is 0.200. The lowest BCUT2D eigenvalue weighted by Gasteiger charge is -2.27. The predicted molar refractivity (Wildman–Crippen MR) is 94.1 cm³/mol. The number of nitrogens with zero attached hydrogens (tertiary/aromatic N) is 1. The third-order valence-corrected chi connectivity index (χ3v) is 4.39. The molecule has 1 heterocycles. The number of Topliss-reactive ketones (excluding diaryl/α,β-unsaturated/α-hetero) is 1. The van der Waals surface area contributed by atoms with Gasteiger partial charge in [-0.3, -0.25) is 9.78 Å². The van der Waals surface area contributed by atoms with Crippen LogP contribution in [0.5, 0.6) is 0 Å². The van der Waals surface area contributed by atoms with E-state index in [1.54, 1.807) is 12.1 Å². The van der Waals surface area contributed by atoms with Crippen LogP contribution in [0.15, 0.2) is 42.7 Å². The summed E-state index contributed by atoms with van der Waals surface area (Å²) in [5.41, 5.74) is 0.570. The standard InChI is InChI=1S/C15H10Cl5NO2/c16-9-3-4-10(11(17)6-9)13(22)12(14(23)15(18,19)20)8-2-1-5-21-7-8/h1-7,12,14,23H/t12-,14-/m1/s1. The van der Waals surface area contributed by atoms with Crippen LogP contribution in [0.25, 0.3) is 0 Å². The minimum atomic E-state index is -2.06. The Hall–Kier alpha value is -0.550. The molecule has 0 aliphatic rings. The maximum absolute atomic E-state index is 12.9. The summed E-state index contributed by atoms with van der Waals surface area (Å²) in [6.45, 7) is 0. The lowest BCUT2D eigenvalue weighted by molar-refractivity contribution is 0.0817. The molecule has 1 aromatic heterocycles. The number of pyridine rings is 1.